The number of pyridine rings is 1. The monoisotopic (exact) mass is 349 g/mol. The van der Waals surface area contributed by atoms with Gasteiger partial charge in [-0.25, -0.2) is 18.2 Å². The molecule has 0 atom stereocenters. The number of hydrogen-bond acceptors (Lipinski definition) is 4. The lowest BCUT2D eigenvalue weighted by Gasteiger charge is -2.29. The summed E-state index contributed by atoms with van der Waals surface area (Å²) in [6, 6.07) is 4.65. The van der Waals surface area contributed by atoms with Gasteiger partial charge in [0.1, 0.15) is 17.3 Å². The summed E-state index contributed by atoms with van der Waals surface area (Å²) in [5.74, 6) is -2.88. The molecule has 1 saturated heterocycles. The van der Waals surface area contributed by atoms with Crippen molar-refractivity contribution in [3.63, 3.8) is 0 Å². The third-order valence-corrected chi connectivity index (χ3v) is 4.18. The molecule has 1 fully saturated rings. The van der Waals surface area contributed by atoms with Crippen molar-refractivity contribution in [2.24, 2.45) is 0 Å². The summed E-state index contributed by atoms with van der Waals surface area (Å²) in [5, 5.41) is 9.42. The van der Waals surface area contributed by atoms with Crippen LogP contribution in [0.25, 0.3) is 22.3 Å². The van der Waals surface area contributed by atoms with Crippen LogP contribution in [0, 0.1) is 17.5 Å². The first kappa shape index (κ1) is 15.8. The average molecular weight is 349 g/mol. The third-order valence-electron chi connectivity index (χ3n) is 4.18. The maximum absolute atomic E-state index is 14.6. The first-order valence-electron chi connectivity index (χ1n) is 7.73. The van der Waals surface area contributed by atoms with Crippen LogP contribution in [0.1, 0.15) is 0 Å². The molecule has 0 aliphatic carbocycles. The number of halogens is 3. The van der Waals surface area contributed by atoms with Gasteiger partial charge in [-0.05, 0) is 12.1 Å². The molecule has 3 aromatic rings. The highest BCUT2D eigenvalue weighted by Crippen LogP contribution is 2.33. The summed E-state index contributed by atoms with van der Waals surface area (Å²) in [5.41, 5.74) is -0.135. The van der Waals surface area contributed by atoms with Crippen molar-refractivity contribution >= 4 is 16.7 Å². The van der Waals surface area contributed by atoms with E-state index in [9.17, 15) is 18.3 Å². The van der Waals surface area contributed by atoms with Gasteiger partial charge < -0.3 is 19.7 Å². The highest BCUT2D eigenvalue weighted by Gasteiger charge is 2.22. The van der Waals surface area contributed by atoms with Gasteiger partial charge in [-0.2, -0.15) is 0 Å². The number of nitrogens with zero attached hydrogens (tertiary/aromatic N) is 2. The van der Waals surface area contributed by atoms with Crippen LogP contribution in [0.5, 0.6) is 5.88 Å². The summed E-state index contributed by atoms with van der Waals surface area (Å²) in [6.45, 7) is 2.02. The van der Waals surface area contributed by atoms with Crippen LogP contribution in [0.15, 0.2) is 24.3 Å². The molecule has 0 bridgehead atoms. The Balaban J connectivity index is 1.81. The topological polar surface area (TPSA) is 61.4 Å². The molecule has 0 unspecified atom stereocenters. The van der Waals surface area contributed by atoms with Crippen LogP contribution in [-0.4, -0.2) is 41.4 Å². The first-order chi connectivity index (χ1) is 12.0. The predicted octanol–water partition coefficient (Wildman–Crippen LogP) is 3.19. The van der Waals surface area contributed by atoms with Gasteiger partial charge in [0.2, 0.25) is 0 Å². The van der Waals surface area contributed by atoms with Crippen LogP contribution in [0.4, 0.5) is 18.9 Å². The van der Waals surface area contributed by atoms with Crippen molar-refractivity contribution in [3.05, 3.63) is 41.7 Å². The second kappa shape index (κ2) is 5.96. The molecule has 2 N–H and O–H groups in total. The SMILES string of the molecule is Oc1cc2nc(-c3c(F)cc(N4CCOCC4)cc3F)c(F)cc2[nH]1. The third kappa shape index (κ3) is 2.78. The Labute approximate surface area is 140 Å². The van der Waals surface area contributed by atoms with Crippen molar-refractivity contribution in [1.29, 1.82) is 0 Å². The Kier molecular flexibility index (Phi) is 3.76. The number of ether oxygens (including phenoxy) is 1. The Morgan fingerprint density at radius 2 is 1.68 bits per heavy atom. The lowest BCUT2D eigenvalue weighted by Crippen LogP contribution is -2.36. The molecule has 5 nitrogen and oxygen atoms in total. The number of fused-ring (bicyclic) bond motifs is 1. The number of hydrogen-bond donors (Lipinski definition) is 2. The van der Waals surface area contributed by atoms with Gasteiger partial charge in [0.15, 0.2) is 11.7 Å². The molecule has 1 aliphatic heterocycles. The van der Waals surface area contributed by atoms with Crippen LogP contribution >= 0.6 is 0 Å². The molecule has 4 rings (SSSR count). The molecule has 25 heavy (non-hydrogen) atoms. The summed E-state index contributed by atoms with van der Waals surface area (Å²) >= 11 is 0. The fraction of sp³-hybridized carbons (Fsp3) is 0.235. The summed E-state index contributed by atoms with van der Waals surface area (Å²) in [7, 11) is 0. The minimum Gasteiger partial charge on any atom is -0.495 e. The van der Waals surface area contributed by atoms with E-state index in [2.05, 4.69) is 9.97 Å². The molecule has 0 radical (unpaired) electrons. The number of aromatic nitrogens is 2. The largest absolute Gasteiger partial charge is 0.495 e. The fourth-order valence-corrected chi connectivity index (χ4v) is 2.98. The number of H-pyrrole nitrogens is 1. The minimum absolute atomic E-state index is 0.206. The number of aromatic amines is 1. The Bertz CT molecular complexity index is 929. The van der Waals surface area contributed by atoms with Crippen LogP contribution < -0.4 is 4.90 Å². The predicted molar refractivity (Wildman–Crippen MR) is 86.1 cm³/mol. The Morgan fingerprint density at radius 1 is 1.00 bits per heavy atom. The molecule has 0 spiro atoms. The molecular formula is C17H14F3N3O2. The van der Waals surface area contributed by atoms with E-state index in [0.29, 0.717) is 32.0 Å². The smallest absolute Gasteiger partial charge is 0.190 e. The molecule has 8 heteroatoms. The van der Waals surface area contributed by atoms with E-state index in [1.807, 2.05) is 0 Å². The van der Waals surface area contributed by atoms with E-state index in [4.69, 9.17) is 4.74 Å². The van der Waals surface area contributed by atoms with E-state index in [1.165, 1.54) is 18.2 Å². The lowest BCUT2D eigenvalue weighted by molar-refractivity contribution is 0.122. The Morgan fingerprint density at radius 3 is 2.36 bits per heavy atom. The number of anilines is 1. The zero-order valence-corrected chi connectivity index (χ0v) is 13.0. The number of morpholine rings is 1. The molecule has 0 amide bonds. The highest BCUT2D eigenvalue weighted by atomic mass is 19.1. The van der Waals surface area contributed by atoms with Crippen molar-refractivity contribution in [3.8, 4) is 17.1 Å². The molecule has 0 saturated carbocycles. The highest BCUT2D eigenvalue weighted by molar-refractivity contribution is 5.81. The van der Waals surface area contributed by atoms with E-state index in [1.54, 1.807) is 4.90 Å². The molecule has 130 valence electrons. The zero-order valence-electron chi connectivity index (χ0n) is 13.0. The summed E-state index contributed by atoms with van der Waals surface area (Å²) in [4.78, 5) is 8.26. The molecule has 1 aromatic carbocycles. The van der Waals surface area contributed by atoms with Crippen LogP contribution in [0.2, 0.25) is 0 Å². The molecular weight excluding hydrogens is 335 g/mol. The fourth-order valence-electron chi connectivity index (χ4n) is 2.98. The van der Waals surface area contributed by atoms with Crippen LogP contribution in [0.3, 0.4) is 0 Å². The van der Waals surface area contributed by atoms with E-state index < -0.39 is 28.7 Å². The van der Waals surface area contributed by atoms with Crippen molar-refractivity contribution < 1.29 is 23.0 Å². The Hall–Kier alpha value is -2.74. The summed E-state index contributed by atoms with van der Waals surface area (Å²) < 4.78 is 48.7. The average Bonchev–Trinajstić information content (AvgIpc) is 2.94. The number of aromatic hydroxyl groups is 1. The van der Waals surface area contributed by atoms with Crippen molar-refractivity contribution in [2.75, 3.05) is 31.2 Å². The van der Waals surface area contributed by atoms with Gasteiger partial charge in [-0.1, -0.05) is 0 Å². The molecule has 3 heterocycles. The zero-order chi connectivity index (χ0) is 17.6. The van der Waals surface area contributed by atoms with Gasteiger partial charge in [0, 0.05) is 30.9 Å². The number of benzene rings is 1. The maximum Gasteiger partial charge on any atom is 0.190 e. The van der Waals surface area contributed by atoms with Gasteiger partial charge in [0.05, 0.1) is 29.8 Å². The quantitative estimate of drug-likeness (QED) is 0.746. The van der Waals surface area contributed by atoms with E-state index >= 15 is 0 Å². The van der Waals surface area contributed by atoms with Crippen molar-refractivity contribution in [2.45, 2.75) is 0 Å². The van der Waals surface area contributed by atoms with Crippen LogP contribution in [-0.2, 0) is 4.74 Å². The summed E-state index contributed by atoms with van der Waals surface area (Å²) in [6.07, 6.45) is 0. The molecule has 2 aromatic heterocycles. The molecule has 1 aliphatic rings. The second-order valence-corrected chi connectivity index (χ2v) is 5.79. The normalized spacial score (nSPS) is 15.1. The lowest BCUT2D eigenvalue weighted by atomic mass is 10.1. The van der Waals surface area contributed by atoms with Gasteiger partial charge in [0.25, 0.3) is 0 Å². The first-order valence-corrected chi connectivity index (χ1v) is 7.73. The van der Waals surface area contributed by atoms with Gasteiger partial charge >= 0.3 is 0 Å². The van der Waals surface area contributed by atoms with E-state index in [0.717, 1.165) is 6.07 Å². The van der Waals surface area contributed by atoms with Gasteiger partial charge in [-0.15, -0.1) is 0 Å². The van der Waals surface area contributed by atoms with Crippen molar-refractivity contribution in [1.82, 2.24) is 9.97 Å². The maximum atomic E-state index is 14.6. The van der Waals surface area contributed by atoms with Gasteiger partial charge in [-0.3, -0.25) is 0 Å². The second-order valence-electron chi connectivity index (χ2n) is 5.79. The standard InChI is InChI=1S/C17H14F3N3O2/c18-10-5-9(23-1-3-25-4-2-23)6-11(19)16(10)17-12(20)7-13-14(22-17)8-15(24)21-13/h5-8,21,24H,1-4H2. The minimum atomic E-state index is -0.896. The number of nitrogens with one attached hydrogen (secondary N) is 1. The number of rotatable bonds is 2. The van der Waals surface area contributed by atoms with E-state index in [-0.39, 0.29) is 16.9 Å².